The first-order valence-electron chi connectivity index (χ1n) is 8.09. The Balaban J connectivity index is 2.02. The fourth-order valence-electron chi connectivity index (χ4n) is 3.06. The van der Waals surface area contributed by atoms with Crippen LogP contribution in [0, 0.1) is 10.1 Å². The summed E-state index contributed by atoms with van der Waals surface area (Å²) in [6, 6.07) is 5.37. The van der Waals surface area contributed by atoms with Gasteiger partial charge >= 0.3 is 5.97 Å². The van der Waals surface area contributed by atoms with Gasteiger partial charge in [-0.2, -0.15) is 0 Å². The monoisotopic (exact) mass is 334 g/mol. The van der Waals surface area contributed by atoms with Crippen LogP contribution in [0.5, 0.6) is 0 Å². The molecule has 1 aromatic carbocycles. The minimum atomic E-state index is -0.893. The number of amides is 1. The lowest BCUT2D eigenvalue weighted by atomic mass is 9.97. The van der Waals surface area contributed by atoms with Gasteiger partial charge in [0.2, 0.25) is 0 Å². The molecule has 0 spiro atoms. The van der Waals surface area contributed by atoms with Crippen LogP contribution < -0.4 is 0 Å². The fraction of sp³-hybridized carbons (Fsp3) is 0.529. The van der Waals surface area contributed by atoms with Crippen molar-refractivity contribution in [3.63, 3.8) is 0 Å². The molecular weight excluding hydrogens is 312 g/mol. The minimum Gasteiger partial charge on any atom is -0.449 e. The molecule has 1 fully saturated rings. The Morgan fingerprint density at radius 2 is 1.75 bits per heavy atom. The van der Waals surface area contributed by atoms with Gasteiger partial charge in [0.25, 0.3) is 11.6 Å². The molecule has 0 unspecified atom stereocenters. The molecule has 1 aliphatic rings. The number of nitro groups is 1. The number of rotatable bonds is 4. The number of benzene rings is 1. The van der Waals surface area contributed by atoms with Crippen LogP contribution in [0.15, 0.2) is 24.3 Å². The van der Waals surface area contributed by atoms with Gasteiger partial charge in [0.15, 0.2) is 6.10 Å². The Hall–Kier alpha value is -2.44. The molecular formula is C17H22N2O5. The number of hydrogen-bond acceptors (Lipinski definition) is 5. The number of carbonyl (C=O) groups is 2. The van der Waals surface area contributed by atoms with Crippen molar-refractivity contribution in [3.8, 4) is 0 Å². The molecule has 2 rings (SSSR count). The average molecular weight is 334 g/mol. The van der Waals surface area contributed by atoms with Crippen LogP contribution >= 0.6 is 0 Å². The predicted molar refractivity (Wildman–Crippen MR) is 87.6 cm³/mol. The molecule has 1 heterocycles. The molecule has 0 saturated carbocycles. The largest absolute Gasteiger partial charge is 0.449 e. The van der Waals surface area contributed by atoms with Gasteiger partial charge in [0.05, 0.1) is 10.5 Å². The smallest absolute Gasteiger partial charge is 0.338 e. The van der Waals surface area contributed by atoms with Gasteiger partial charge in [-0.3, -0.25) is 14.9 Å². The highest BCUT2D eigenvalue weighted by Gasteiger charge is 2.33. The number of hydrogen-bond donors (Lipinski definition) is 0. The fourth-order valence-corrected chi connectivity index (χ4v) is 3.06. The number of nitrogens with zero attached hydrogens (tertiary/aromatic N) is 2. The summed E-state index contributed by atoms with van der Waals surface area (Å²) in [5.41, 5.74) is 0.0756. The molecule has 0 bridgehead atoms. The molecule has 1 aromatic rings. The van der Waals surface area contributed by atoms with E-state index in [1.54, 1.807) is 11.8 Å². The van der Waals surface area contributed by atoms with E-state index in [-0.39, 0.29) is 29.2 Å². The van der Waals surface area contributed by atoms with Gasteiger partial charge in [0.1, 0.15) is 0 Å². The minimum absolute atomic E-state index is 0.105. The summed E-state index contributed by atoms with van der Waals surface area (Å²) >= 11 is 0. The lowest BCUT2D eigenvalue weighted by Crippen LogP contribution is -2.51. The normalized spacial score (nSPS) is 21.9. The van der Waals surface area contributed by atoms with Gasteiger partial charge < -0.3 is 9.64 Å². The van der Waals surface area contributed by atoms with Crippen LogP contribution in [-0.2, 0) is 9.53 Å². The molecule has 1 aliphatic heterocycles. The van der Waals surface area contributed by atoms with Gasteiger partial charge in [-0.15, -0.1) is 0 Å². The molecule has 7 heteroatoms. The zero-order chi connectivity index (χ0) is 17.9. The first kappa shape index (κ1) is 17.9. The lowest BCUT2D eigenvalue weighted by molar-refractivity contribution is -0.384. The summed E-state index contributed by atoms with van der Waals surface area (Å²) in [5.74, 6) is -0.868. The molecule has 0 aromatic heterocycles. The number of piperidine rings is 1. The van der Waals surface area contributed by atoms with Gasteiger partial charge in [-0.1, -0.05) is 0 Å². The summed E-state index contributed by atoms with van der Waals surface area (Å²) in [6.45, 7) is 5.55. The molecule has 0 N–H and O–H groups in total. The van der Waals surface area contributed by atoms with Crippen molar-refractivity contribution in [2.24, 2.45) is 0 Å². The zero-order valence-corrected chi connectivity index (χ0v) is 14.1. The predicted octanol–water partition coefficient (Wildman–Crippen LogP) is 2.93. The van der Waals surface area contributed by atoms with Gasteiger partial charge in [-0.25, -0.2) is 4.79 Å². The van der Waals surface area contributed by atoms with E-state index in [2.05, 4.69) is 0 Å². The van der Waals surface area contributed by atoms with E-state index >= 15 is 0 Å². The first-order valence-corrected chi connectivity index (χ1v) is 8.09. The maximum atomic E-state index is 12.6. The number of non-ortho nitro benzene ring substituents is 1. The number of esters is 1. The maximum Gasteiger partial charge on any atom is 0.338 e. The Morgan fingerprint density at radius 1 is 1.21 bits per heavy atom. The van der Waals surface area contributed by atoms with Crippen molar-refractivity contribution >= 4 is 17.6 Å². The Labute approximate surface area is 140 Å². The van der Waals surface area contributed by atoms with E-state index in [9.17, 15) is 19.7 Å². The molecule has 1 amide bonds. The van der Waals surface area contributed by atoms with Crippen LogP contribution in [0.25, 0.3) is 0 Å². The second-order valence-corrected chi connectivity index (χ2v) is 6.23. The van der Waals surface area contributed by atoms with Crippen molar-refractivity contribution in [2.45, 2.75) is 58.2 Å². The Morgan fingerprint density at radius 3 is 2.25 bits per heavy atom. The summed E-state index contributed by atoms with van der Waals surface area (Å²) in [7, 11) is 0. The summed E-state index contributed by atoms with van der Waals surface area (Å²) < 4.78 is 5.25. The molecule has 7 nitrogen and oxygen atoms in total. The van der Waals surface area contributed by atoms with E-state index < -0.39 is 17.0 Å². The van der Waals surface area contributed by atoms with E-state index in [0.717, 1.165) is 19.3 Å². The van der Waals surface area contributed by atoms with E-state index in [0.29, 0.717) is 0 Å². The molecule has 0 aliphatic carbocycles. The third-order valence-electron chi connectivity index (χ3n) is 4.39. The van der Waals surface area contributed by atoms with Crippen LogP contribution in [0.3, 0.4) is 0 Å². The average Bonchev–Trinajstić information content (AvgIpc) is 2.54. The van der Waals surface area contributed by atoms with Gasteiger partial charge in [-0.05, 0) is 52.2 Å². The molecule has 24 heavy (non-hydrogen) atoms. The SMILES string of the molecule is C[C@@H](OC(=O)c1ccc([N+](=O)[O-])cc1)C(=O)N1[C@@H](C)CCC[C@@H]1C. The van der Waals surface area contributed by atoms with Crippen molar-refractivity contribution in [2.75, 3.05) is 0 Å². The third-order valence-corrected chi connectivity index (χ3v) is 4.39. The highest BCUT2D eigenvalue weighted by molar-refractivity contribution is 5.92. The quantitative estimate of drug-likeness (QED) is 0.480. The number of likely N-dealkylation sites (tertiary alicyclic amines) is 1. The topological polar surface area (TPSA) is 89.7 Å². The van der Waals surface area contributed by atoms with Gasteiger partial charge in [0, 0.05) is 24.2 Å². The number of carbonyl (C=O) groups excluding carboxylic acids is 2. The molecule has 3 atom stereocenters. The highest BCUT2D eigenvalue weighted by atomic mass is 16.6. The van der Waals surface area contributed by atoms with Crippen LogP contribution in [0.2, 0.25) is 0 Å². The standard InChI is InChI=1S/C17H22N2O5/c1-11-5-4-6-12(2)18(11)16(20)13(3)24-17(21)14-7-9-15(10-8-14)19(22)23/h7-13H,4-6H2,1-3H3/t11-,12-,13+/m0/s1. The molecule has 0 radical (unpaired) electrons. The third kappa shape index (κ3) is 3.90. The van der Waals surface area contributed by atoms with Crippen LogP contribution in [0.4, 0.5) is 5.69 Å². The molecule has 130 valence electrons. The van der Waals surface area contributed by atoms with E-state index in [1.165, 1.54) is 24.3 Å². The number of ether oxygens (including phenoxy) is 1. The highest BCUT2D eigenvalue weighted by Crippen LogP contribution is 2.24. The molecule has 1 saturated heterocycles. The zero-order valence-electron chi connectivity index (χ0n) is 14.1. The summed E-state index contributed by atoms with van der Waals surface area (Å²) in [5, 5.41) is 10.6. The van der Waals surface area contributed by atoms with Crippen molar-refractivity contribution < 1.29 is 19.2 Å². The maximum absolute atomic E-state index is 12.6. The van der Waals surface area contributed by atoms with E-state index in [1.807, 2.05) is 13.8 Å². The lowest BCUT2D eigenvalue weighted by Gasteiger charge is -2.40. The second kappa shape index (κ2) is 7.42. The number of nitro benzene ring substituents is 1. The Bertz CT molecular complexity index is 618. The summed E-state index contributed by atoms with van der Waals surface area (Å²) in [6.07, 6.45) is 2.08. The summed E-state index contributed by atoms with van der Waals surface area (Å²) in [4.78, 5) is 36.6. The van der Waals surface area contributed by atoms with Crippen LogP contribution in [-0.4, -0.2) is 39.9 Å². The second-order valence-electron chi connectivity index (χ2n) is 6.23. The van der Waals surface area contributed by atoms with Crippen LogP contribution in [0.1, 0.15) is 50.4 Å². The van der Waals surface area contributed by atoms with Crippen molar-refractivity contribution in [3.05, 3.63) is 39.9 Å². The first-order chi connectivity index (χ1) is 11.3. The van der Waals surface area contributed by atoms with E-state index in [4.69, 9.17) is 4.74 Å². The van der Waals surface area contributed by atoms with Crippen molar-refractivity contribution in [1.82, 2.24) is 4.90 Å². The Kier molecular flexibility index (Phi) is 5.54. The van der Waals surface area contributed by atoms with Crippen molar-refractivity contribution in [1.29, 1.82) is 0 Å².